The zero-order valence-electron chi connectivity index (χ0n) is 18.4. The van der Waals surface area contributed by atoms with Crippen LogP contribution in [0.4, 0.5) is 0 Å². The molecule has 1 fully saturated rings. The molecule has 2 aromatic rings. The van der Waals surface area contributed by atoms with E-state index in [1.807, 2.05) is 12.1 Å². The third-order valence-electron chi connectivity index (χ3n) is 5.42. The minimum absolute atomic E-state index is 0.00238. The molecule has 0 atom stereocenters. The molecule has 0 spiro atoms. The van der Waals surface area contributed by atoms with E-state index in [2.05, 4.69) is 5.32 Å². The highest BCUT2D eigenvalue weighted by Gasteiger charge is 2.25. The van der Waals surface area contributed by atoms with Crippen LogP contribution in [0, 0.1) is 0 Å². The molecule has 1 heterocycles. The number of nitrogens with one attached hydrogen (secondary N) is 1. The molecule has 1 aliphatic rings. The summed E-state index contributed by atoms with van der Waals surface area (Å²) in [6, 6.07) is 12.5. The van der Waals surface area contributed by atoms with Gasteiger partial charge < -0.3 is 24.4 Å². The van der Waals surface area contributed by atoms with Gasteiger partial charge in [-0.25, -0.2) is 0 Å². The van der Waals surface area contributed by atoms with Crippen molar-refractivity contribution in [1.29, 1.82) is 0 Å². The van der Waals surface area contributed by atoms with Crippen molar-refractivity contribution < 1.29 is 23.8 Å². The van der Waals surface area contributed by atoms with Crippen LogP contribution in [0.3, 0.4) is 0 Å². The second-order valence-electron chi connectivity index (χ2n) is 7.59. The van der Waals surface area contributed by atoms with Crippen LogP contribution in [-0.2, 0) is 4.79 Å². The minimum atomic E-state index is -0.0487. The number of carbonyl (C=O) groups excluding carboxylic acids is 2. The molecule has 0 bridgehead atoms. The zero-order chi connectivity index (χ0) is 22.9. The van der Waals surface area contributed by atoms with Crippen molar-refractivity contribution >= 4 is 23.4 Å². The third-order valence-corrected chi connectivity index (χ3v) is 5.73. The molecule has 0 aromatic heterocycles. The molecule has 32 heavy (non-hydrogen) atoms. The number of ether oxygens (including phenoxy) is 3. The molecule has 2 aromatic carbocycles. The van der Waals surface area contributed by atoms with E-state index < -0.39 is 0 Å². The van der Waals surface area contributed by atoms with Crippen LogP contribution in [0.2, 0.25) is 5.02 Å². The number of carbonyl (C=O) groups is 2. The average molecular weight is 461 g/mol. The first kappa shape index (κ1) is 23.7. The number of piperidine rings is 1. The third kappa shape index (κ3) is 6.29. The zero-order valence-corrected chi connectivity index (χ0v) is 19.2. The molecule has 2 amide bonds. The number of methoxy groups -OCH3 is 2. The molecule has 3 rings (SSSR count). The van der Waals surface area contributed by atoms with Crippen LogP contribution < -0.4 is 19.5 Å². The van der Waals surface area contributed by atoms with Gasteiger partial charge in [0.25, 0.3) is 5.91 Å². The maximum Gasteiger partial charge on any atom is 0.253 e. The molecule has 0 saturated carbocycles. The Morgan fingerprint density at radius 2 is 1.75 bits per heavy atom. The minimum Gasteiger partial charge on any atom is -0.493 e. The van der Waals surface area contributed by atoms with E-state index in [-0.39, 0.29) is 17.9 Å². The van der Waals surface area contributed by atoms with E-state index in [1.54, 1.807) is 49.5 Å². The van der Waals surface area contributed by atoms with E-state index in [9.17, 15) is 9.59 Å². The van der Waals surface area contributed by atoms with Gasteiger partial charge in [-0.1, -0.05) is 23.7 Å². The molecule has 7 nitrogen and oxygen atoms in total. The van der Waals surface area contributed by atoms with Crippen LogP contribution in [-0.4, -0.2) is 56.7 Å². The predicted molar refractivity (Wildman–Crippen MR) is 123 cm³/mol. The molecule has 1 aliphatic heterocycles. The summed E-state index contributed by atoms with van der Waals surface area (Å²) >= 11 is 6.05. The fourth-order valence-corrected chi connectivity index (χ4v) is 3.85. The Morgan fingerprint density at radius 3 is 2.44 bits per heavy atom. The Morgan fingerprint density at radius 1 is 1.03 bits per heavy atom. The second kappa shape index (κ2) is 11.6. The van der Waals surface area contributed by atoms with Gasteiger partial charge in [0.1, 0.15) is 5.75 Å². The van der Waals surface area contributed by atoms with Gasteiger partial charge in [-0.2, -0.15) is 0 Å². The van der Waals surface area contributed by atoms with E-state index >= 15 is 0 Å². The van der Waals surface area contributed by atoms with Crippen LogP contribution in [0.5, 0.6) is 17.2 Å². The lowest BCUT2D eigenvalue weighted by Gasteiger charge is -2.32. The maximum absolute atomic E-state index is 12.8. The summed E-state index contributed by atoms with van der Waals surface area (Å²) in [6.45, 7) is 1.61. The van der Waals surface area contributed by atoms with Crippen molar-refractivity contribution in [3.05, 3.63) is 53.1 Å². The summed E-state index contributed by atoms with van der Waals surface area (Å²) in [6.07, 6.45) is 2.44. The quantitative estimate of drug-likeness (QED) is 0.573. The van der Waals surface area contributed by atoms with Gasteiger partial charge in [0.05, 0.1) is 25.8 Å². The fourth-order valence-electron chi connectivity index (χ4n) is 3.66. The molecule has 0 aliphatic carbocycles. The molecular formula is C24H29ClN2O5. The van der Waals surface area contributed by atoms with Gasteiger partial charge in [-0.3, -0.25) is 9.59 Å². The molecule has 1 saturated heterocycles. The van der Waals surface area contributed by atoms with Gasteiger partial charge >= 0.3 is 0 Å². The lowest BCUT2D eigenvalue weighted by Crippen LogP contribution is -2.46. The summed E-state index contributed by atoms with van der Waals surface area (Å²) < 4.78 is 16.1. The lowest BCUT2D eigenvalue weighted by molar-refractivity contribution is -0.122. The largest absolute Gasteiger partial charge is 0.493 e. The van der Waals surface area contributed by atoms with Crippen molar-refractivity contribution in [2.24, 2.45) is 0 Å². The molecule has 0 unspecified atom stereocenters. The molecule has 8 heteroatoms. The van der Waals surface area contributed by atoms with Crippen LogP contribution in [0.1, 0.15) is 36.0 Å². The monoisotopic (exact) mass is 460 g/mol. The number of nitrogens with zero attached hydrogens (tertiary/aromatic N) is 1. The van der Waals surface area contributed by atoms with Gasteiger partial charge in [0, 0.05) is 31.1 Å². The number of benzene rings is 2. The smallest absolute Gasteiger partial charge is 0.253 e. The number of rotatable bonds is 9. The molecular weight excluding hydrogens is 432 g/mol. The summed E-state index contributed by atoms with van der Waals surface area (Å²) in [5, 5.41) is 3.63. The average Bonchev–Trinajstić information content (AvgIpc) is 2.82. The Kier molecular flexibility index (Phi) is 8.62. The summed E-state index contributed by atoms with van der Waals surface area (Å²) in [7, 11) is 3.10. The van der Waals surface area contributed by atoms with E-state index in [0.29, 0.717) is 60.4 Å². The van der Waals surface area contributed by atoms with E-state index in [4.69, 9.17) is 25.8 Å². The maximum atomic E-state index is 12.8. The van der Waals surface area contributed by atoms with Gasteiger partial charge in [-0.15, -0.1) is 0 Å². The molecule has 0 radical (unpaired) electrons. The Balaban J connectivity index is 1.39. The van der Waals surface area contributed by atoms with Gasteiger partial charge in [-0.05, 0) is 49.6 Å². The summed E-state index contributed by atoms with van der Waals surface area (Å²) in [4.78, 5) is 26.9. The first-order valence-electron chi connectivity index (χ1n) is 10.7. The Labute approximate surface area is 193 Å². The van der Waals surface area contributed by atoms with Crippen molar-refractivity contribution in [2.75, 3.05) is 33.9 Å². The topological polar surface area (TPSA) is 77.1 Å². The highest BCUT2D eigenvalue weighted by molar-refractivity contribution is 6.32. The Hall–Kier alpha value is -2.93. The van der Waals surface area contributed by atoms with E-state index in [1.165, 1.54) is 0 Å². The normalized spacial score (nSPS) is 14.0. The van der Waals surface area contributed by atoms with Crippen LogP contribution in [0.15, 0.2) is 42.5 Å². The standard InChI is InChI=1S/C24H29ClN2O5/c1-30-21-10-9-17(16-22(21)31-2)24(29)27-13-11-18(12-14-27)26-23(28)8-5-15-32-20-7-4-3-6-19(20)25/h3-4,6-7,9-10,16,18H,5,8,11-15H2,1-2H3,(H,26,28). The first-order valence-corrected chi connectivity index (χ1v) is 11.1. The van der Waals surface area contributed by atoms with Crippen molar-refractivity contribution in [2.45, 2.75) is 31.7 Å². The number of halogens is 1. The summed E-state index contributed by atoms with van der Waals surface area (Å²) in [5.41, 5.74) is 0.559. The lowest BCUT2D eigenvalue weighted by atomic mass is 10.0. The number of amides is 2. The fraction of sp³-hybridized carbons (Fsp3) is 0.417. The number of likely N-dealkylation sites (tertiary alicyclic amines) is 1. The van der Waals surface area contributed by atoms with Crippen LogP contribution in [0.25, 0.3) is 0 Å². The van der Waals surface area contributed by atoms with Gasteiger partial charge in [0.2, 0.25) is 5.91 Å². The number of para-hydroxylation sites is 1. The second-order valence-corrected chi connectivity index (χ2v) is 7.99. The van der Waals surface area contributed by atoms with Crippen molar-refractivity contribution in [3.8, 4) is 17.2 Å². The SMILES string of the molecule is COc1ccc(C(=O)N2CCC(NC(=O)CCCOc3ccccc3Cl)CC2)cc1OC. The van der Waals surface area contributed by atoms with Crippen LogP contribution >= 0.6 is 11.6 Å². The highest BCUT2D eigenvalue weighted by atomic mass is 35.5. The van der Waals surface area contributed by atoms with Crippen molar-refractivity contribution in [1.82, 2.24) is 10.2 Å². The first-order chi connectivity index (χ1) is 15.5. The predicted octanol–water partition coefficient (Wildman–Crippen LogP) is 3.94. The van der Waals surface area contributed by atoms with Gasteiger partial charge in [0.15, 0.2) is 11.5 Å². The summed E-state index contributed by atoms with van der Waals surface area (Å²) in [5.74, 6) is 1.69. The number of hydrogen-bond donors (Lipinski definition) is 1. The number of hydrogen-bond acceptors (Lipinski definition) is 5. The highest BCUT2D eigenvalue weighted by Crippen LogP contribution is 2.28. The molecule has 1 N–H and O–H groups in total. The van der Waals surface area contributed by atoms with Crippen molar-refractivity contribution in [3.63, 3.8) is 0 Å². The molecule has 172 valence electrons. The Bertz CT molecular complexity index is 928. The van der Waals surface area contributed by atoms with E-state index in [0.717, 1.165) is 12.8 Å².